The van der Waals surface area contributed by atoms with Crippen LogP contribution in [0.2, 0.25) is 0 Å². The van der Waals surface area contributed by atoms with Gasteiger partial charge in [-0.2, -0.15) is 18.3 Å². The van der Waals surface area contributed by atoms with Gasteiger partial charge in [-0.3, -0.25) is 9.53 Å². The van der Waals surface area contributed by atoms with E-state index in [1.54, 1.807) is 37.3 Å². The van der Waals surface area contributed by atoms with Gasteiger partial charge in [0.05, 0.1) is 17.4 Å². The quantitative estimate of drug-likeness (QED) is 0.315. The van der Waals surface area contributed by atoms with Crippen molar-refractivity contribution in [2.45, 2.75) is 43.9 Å². The number of aliphatic carboxylic acids is 1. The third-order valence-corrected chi connectivity index (χ3v) is 6.37. The molecule has 41 heavy (non-hydrogen) atoms. The first-order valence-corrected chi connectivity index (χ1v) is 12.2. The van der Waals surface area contributed by atoms with Gasteiger partial charge in [0.1, 0.15) is 11.6 Å². The maximum absolute atomic E-state index is 14.0. The van der Waals surface area contributed by atoms with Crippen LogP contribution in [-0.2, 0) is 15.7 Å². The summed E-state index contributed by atoms with van der Waals surface area (Å²) in [6.45, 7) is 1.72. The second kappa shape index (κ2) is 11.2. The van der Waals surface area contributed by atoms with Crippen LogP contribution < -0.4 is 5.32 Å². The highest BCUT2D eigenvalue weighted by molar-refractivity contribution is 5.97. The van der Waals surface area contributed by atoms with Gasteiger partial charge in [-0.05, 0) is 36.6 Å². The number of nitrogens with one attached hydrogen (secondary N) is 1. The summed E-state index contributed by atoms with van der Waals surface area (Å²) in [5.74, 6) is -3.25. The Kier molecular flexibility index (Phi) is 8.11. The van der Waals surface area contributed by atoms with Crippen molar-refractivity contribution in [2.24, 2.45) is 0 Å². The Hall–Kier alpha value is -4.39. The molecule has 1 amide bonds. The van der Waals surface area contributed by atoms with Crippen LogP contribution in [0.3, 0.4) is 0 Å². The van der Waals surface area contributed by atoms with E-state index in [1.807, 2.05) is 5.32 Å². The predicted octanol–water partition coefficient (Wildman–Crippen LogP) is 6.09. The Bertz CT molecular complexity index is 1480. The maximum Gasteiger partial charge on any atom is 0.523 e. The number of carbonyl (C=O) groups excluding carboxylic acids is 1. The van der Waals surface area contributed by atoms with Crippen molar-refractivity contribution >= 4 is 17.4 Å². The molecule has 1 aliphatic rings. The normalized spacial score (nSPS) is 18.1. The minimum atomic E-state index is -5.19. The number of carboxylic acid groups (broad SMARTS) is 1. The monoisotopic (exact) mass is 579 g/mol. The van der Waals surface area contributed by atoms with Crippen LogP contribution in [0.1, 0.15) is 40.0 Å². The number of aromatic nitrogens is 2. The maximum atomic E-state index is 14.0. The van der Waals surface area contributed by atoms with Crippen molar-refractivity contribution in [2.75, 3.05) is 0 Å². The zero-order chi connectivity index (χ0) is 30.0. The summed E-state index contributed by atoms with van der Waals surface area (Å²) >= 11 is 0. The lowest BCUT2D eigenvalue weighted by atomic mass is 9.84. The van der Waals surface area contributed by atoms with Gasteiger partial charge in [0.15, 0.2) is 5.69 Å². The molecule has 0 bridgehead atoms. The zero-order valence-electron chi connectivity index (χ0n) is 21.3. The molecule has 0 saturated carbocycles. The Morgan fingerprint density at radius 2 is 1.73 bits per heavy atom. The van der Waals surface area contributed by atoms with E-state index in [1.165, 1.54) is 36.4 Å². The summed E-state index contributed by atoms with van der Waals surface area (Å²) < 4.78 is 87.2. The first-order chi connectivity index (χ1) is 19.2. The first-order valence-electron chi connectivity index (χ1n) is 12.2. The summed E-state index contributed by atoms with van der Waals surface area (Å²) in [5, 5.41) is 15.3. The standard InChI is InChI=1S/C28H23F6N3O4/c1-17-7-9-20(10-8-17)37-23(27(29,30)31)21(16-35-37)24(38)36-22(25(39)40)15-26(41-28(32,33)34)13-11-19(12-14-26)18-5-3-2-4-6-18/h2-13,16,22H,14-15H2,1H3,(H,36,38)(H,39,40). The zero-order valence-corrected chi connectivity index (χ0v) is 21.3. The number of alkyl halides is 6. The Morgan fingerprint density at radius 3 is 2.27 bits per heavy atom. The lowest BCUT2D eigenvalue weighted by molar-refractivity contribution is -0.359. The molecule has 216 valence electrons. The number of halogens is 6. The highest BCUT2D eigenvalue weighted by Crippen LogP contribution is 2.38. The number of hydrogen-bond donors (Lipinski definition) is 2. The van der Waals surface area contributed by atoms with Crippen molar-refractivity contribution in [3.63, 3.8) is 0 Å². The molecule has 1 heterocycles. The molecular formula is C28H23F6N3O4. The number of hydrogen-bond acceptors (Lipinski definition) is 4. The van der Waals surface area contributed by atoms with Gasteiger partial charge in [0.25, 0.3) is 5.91 Å². The lowest BCUT2D eigenvalue weighted by Gasteiger charge is -2.35. The Balaban J connectivity index is 1.63. The Labute approximate surface area is 229 Å². The summed E-state index contributed by atoms with van der Waals surface area (Å²) in [6.07, 6.45) is -7.21. The molecule has 0 radical (unpaired) electrons. The molecule has 13 heteroatoms. The largest absolute Gasteiger partial charge is 0.523 e. The summed E-state index contributed by atoms with van der Waals surface area (Å²) in [7, 11) is 0. The van der Waals surface area contributed by atoms with Crippen LogP contribution in [0.15, 0.2) is 79.0 Å². The van der Waals surface area contributed by atoms with E-state index in [-0.39, 0.29) is 5.69 Å². The molecule has 0 spiro atoms. The first kappa shape index (κ1) is 29.6. The molecule has 1 aromatic heterocycles. The molecule has 7 nitrogen and oxygen atoms in total. The van der Waals surface area contributed by atoms with Gasteiger partial charge >= 0.3 is 18.5 Å². The van der Waals surface area contributed by atoms with Crippen molar-refractivity contribution in [3.05, 3.63) is 101 Å². The minimum absolute atomic E-state index is 0.0114. The molecule has 1 aliphatic carbocycles. The molecule has 0 saturated heterocycles. The number of nitrogens with zero attached hydrogens (tertiary/aromatic N) is 2. The third-order valence-electron chi connectivity index (χ3n) is 6.37. The van der Waals surface area contributed by atoms with E-state index in [0.717, 1.165) is 11.6 Å². The van der Waals surface area contributed by atoms with Crippen LogP contribution in [0, 0.1) is 6.92 Å². The number of aryl methyl sites for hydroxylation is 1. The van der Waals surface area contributed by atoms with Crippen LogP contribution in [0.25, 0.3) is 11.3 Å². The van der Waals surface area contributed by atoms with Crippen molar-refractivity contribution in [1.29, 1.82) is 0 Å². The molecule has 4 rings (SSSR count). The molecule has 2 atom stereocenters. The predicted molar refractivity (Wildman–Crippen MR) is 135 cm³/mol. The fraction of sp³-hybridized carbons (Fsp3) is 0.250. The molecule has 2 aromatic carbocycles. The Morgan fingerprint density at radius 1 is 1.07 bits per heavy atom. The van der Waals surface area contributed by atoms with E-state index >= 15 is 0 Å². The van der Waals surface area contributed by atoms with E-state index in [2.05, 4.69) is 9.84 Å². The van der Waals surface area contributed by atoms with Gasteiger partial charge in [0.2, 0.25) is 0 Å². The molecule has 0 aliphatic heterocycles. The summed E-state index contributed by atoms with van der Waals surface area (Å²) in [4.78, 5) is 25.0. The summed E-state index contributed by atoms with van der Waals surface area (Å²) in [5.41, 5.74) is -2.74. The number of rotatable bonds is 8. The van der Waals surface area contributed by atoms with Crippen LogP contribution in [-0.4, -0.2) is 44.8 Å². The van der Waals surface area contributed by atoms with Crippen molar-refractivity contribution < 1.29 is 45.8 Å². The number of amides is 1. The molecule has 0 fully saturated rings. The van der Waals surface area contributed by atoms with Gasteiger partial charge in [-0.25, -0.2) is 9.48 Å². The average molecular weight is 579 g/mol. The van der Waals surface area contributed by atoms with Crippen molar-refractivity contribution in [3.8, 4) is 5.69 Å². The van der Waals surface area contributed by atoms with Gasteiger partial charge in [-0.15, -0.1) is 13.2 Å². The van der Waals surface area contributed by atoms with Crippen molar-refractivity contribution in [1.82, 2.24) is 15.1 Å². The fourth-order valence-corrected chi connectivity index (χ4v) is 4.46. The molecular weight excluding hydrogens is 556 g/mol. The highest BCUT2D eigenvalue weighted by Gasteiger charge is 2.46. The number of carboxylic acids is 1. The number of ether oxygens (including phenoxy) is 1. The molecule has 3 aromatic rings. The van der Waals surface area contributed by atoms with E-state index in [4.69, 9.17) is 0 Å². The van der Waals surface area contributed by atoms with Gasteiger partial charge < -0.3 is 10.4 Å². The number of benzene rings is 2. The van der Waals surface area contributed by atoms with Crippen LogP contribution in [0.4, 0.5) is 26.3 Å². The van der Waals surface area contributed by atoms with Gasteiger partial charge in [0, 0.05) is 6.42 Å². The van der Waals surface area contributed by atoms with E-state index in [9.17, 15) is 41.0 Å². The molecule has 2 N–H and O–H groups in total. The smallest absolute Gasteiger partial charge is 0.480 e. The minimum Gasteiger partial charge on any atom is -0.480 e. The van der Waals surface area contributed by atoms with Gasteiger partial charge in [-0.1, -0.05) is 66.3 Å². The van der Waals surface area contributed by atoms with Crippen LogP contribution in [0.5, 0.6) is 0 Å². The number of carbonyl (C=O) groups is 2. The van der Waals surface area contributed by atoms with E-state index in [0.29, 0.717) is 22.0 Å². The average Bonchev–Trinajstić information content (AvgIpc) is 3.35. The topological polar surface area (TPSA) is 93.5 Å². The van der Waals surface area contributed by atoms with E-state index < -0.39 is 60.2 Å². The lowest BCUT2D eigenvalue weighted by Crippen LogP contribution is -2.49. The highest BCUT2D eigenvalue weighted by atomic mass is 19.4. The second-order valence-electron chi connectivity index (χ2n) is 9.40. The summed E-state index contributed by atoms with van der Waals surface area (Å²) in [6, 6.07) is 12.4. The fourth-order valence-electron chi connectivity index (χ4n) is 4.46. The second-order valence-corrected chi connectivity index (χ2v) is 9.40. The third kappa shape index (κ3) is 7.04. The number of allylic oxidation sites excluding steroid dienone is 2. The SMILES string of the molecule is Cc1ccc(-n2ncc(C(=O)NC(CC3(OC(F)(F)F)C=CC(c4ccccc4)=CC3)C(=O)O)c2C(F)(F)F)cc1. The molecule has 2 unspecified atom stereocenters. The van der Waals surface area contributed by atoms with Crippen LogP contribution >= 0.6 is 0 Å².